The average molecular weight is 614 g/mol. The molecule has 0 aromatic heterocycles. The van der Waals surface area contributed by atoms with Crippen LogP contribution in [-0.2, 0) is 32.6 Å². The number of ether oxygens (including phenoxy) is 1. The van der Waals surface area contributed by atoms with Gasteiger partial charge in [0.2, 0.25) is 11.8 Å². The van der Waals surface area contributed by atoms with Crippen LogP contribution in [0, 0.1) is 0 Å². The standard InChI is InChI=1S/C35H39N3O5S/c1-3-4-23-36-35(40)33(24-28-15-8-5-9-16-28)37(26-29-17-10-6-11-18-29)34(39)27-38(30-19-14-20-31(25-30)43-2)44(41,42)32-21-12-7-13-22-32/h5-22,25,33H,3-4,23-24,26-27H2,1-2H3,(H,36,40)/t33-/m0/s1. The second-order valence-corrected chi connectivity index (χ2v) is 12.2. The molecule has 0 aliphatic heterocycles. The van der Waals surface area contributed by atoms with Gasteiger partial charge in [-0.3, -0.25) is 13.9 Å². The molecule has 4 rings (SSSR count). The molecule has 1 N–H and O–H groups in total. The van der Waals surface area contributed by atoms with Gasteiger partial charge in [0, 0.05) is 25.6 Å². The lowest BCUT2D eigenvalue weighted by Crippen LogP contribution is -2.53. The molecule has 8 nitrogen and oxygen atoms in total. The van der Waals surface area contributed by atoms with Crippen molar-refractivity contribution in [2.75, 3.05) is 24.5 Å². The van der Waals surface area contributed by atoms with Gasteiger partial charge >= 0.3 is 0 Å². The number of unbranched alkanes of at least 4 members (excludes halogenated alkanes) is 1. The van der Waals surface area contributed by atoms with E-state index in [-0.39, 0.29) is 29.5 Å². The monoisotopic (exact) mass is 613 g/mol. The minimum absolute atomic E-state index is 0.0448. The number of sulfonamides is 1. The maximum atomic E-state index is 14.4. The maximum absolute atomic E-state index is 14.4. The molecule has 9 heteroatoms. The highest BCUT2D eigenvalue weighted by atomic mass is 32.2. The summed E-state index contributed by atoms with van der Waals surface area (Å²) in [6, 6.07) is 32.6. The molecule has 0 saturated heterocycles. The molecule has 44 heavy (non-hydrogen) atoms. The molecule has 0 unspecified atom stereocenters. The third kappa shape index (κ3) is 8.48. The van der Waals surface area contributed by atoms with Crippen molar-refractivity contribution >= 4 is 27.5 Å². The maximum Gasteiger partial charge on any atom is 0.264 e. The highest BCUT2D eigenvalue weighted by Gasteiger charge is 2.34. The Morgan fingerprint density at radius 3 is 2.05 bits per heavy atom. The van der Waals surface area contributed by atoms with Crippen LogP contribution < -0.4 is 14.4 Å². The van der Waals surface area contributed by atoms with E-state index in [1.54, 1.807) is 42.5 Å². The van der Waals surface area contributed by atoms with Gasteiger partial charge in [0.05, 0.1) is 17.7 Å². The largest absolute Gasteiger partial charge is 0.497 e. The zero-order chi connectivity index (χ0) is 31.4. The van der Waals surface area contributed by atoms with Crippen LogP contribution in [0.15, 0.2) is 120 Å². The zero-order valence-electron chi connectivity index (χ0n) is 25.1. The number of rotatable bonds is 15. The van der Waals surface area contributed by atoms with Crippen LogP contribution in [0.4, 0.5) is 5.69 Å². The Morgan fingerprint density at radius 1 is 0.818 bits per heavy atom. The van der Waals surface area contributed by atoms with E-state index in [0.717, 1.165) is 28.3 Å². The second kappa shape index (κ2) is 15.7. The first-order valence-corrected chi connectivity index (χ1v) is 16.1. The smallest absolute Gasteiger partial charge is 0.264 e. The van der Waals surface area contributed by atoms with Crippen LogP contribution in [0.1, 0.15) is 30.9 Å². The Labute approximate surface area is 260 Å². The highest BCUT2D eigenvalue weighted by Crippen LogP contribution is 2.28. The Bertz CT molecular complexity index is 1600. The molecule has 0 aliphatic rings. The third-order valence-corrected chi connectivity index (χ3v) is 9.04. The number of amides is 2. The number of benzene rings is 4. The number of carbonyl (C=O) groups excluding carboxylic acids is 2. The molecule has 0 spiro atoms. The minimum Gasteiger partial charge on any atom is -0.497 e. The number of nitrogens with zero attached hydrogens (tertiary/aromatic N) is 2. The van der Waals surface area contributed by atoms with Crippen LogP contribution in [0.2, 0.25) is 0 Å². The summed E-state index contributed by atoms with van der Waals surface area (Å²) in [5.41, 5.74) is 1.97. The molecule has 0 bridgehead atoms. The van der Waals surface area contributed by atoms with Gasteiger partial charge in [-0.15, -0.1) is 0 Å². The fourth-order valence-corrected chi connectivity index (χ4v) is 6.28. The normalized spacial score (nSPS) is 11.8. The zero-order valence-corrected chi connectivity index (χ0v) is 26.0. The van der Waals surface area contributed by atoms with E-state index in [9.17, 15) is 18.0 Å². The van der Waals surface area contributed by atoms with E-state index >= 15 is 0 Å². The van der Waals surface area contributed by atoms with Crippen LogP contribution in [-0.4, -0.2) is 51.4 Å². The van der Waals surface area contributed by atoms with Crippen molar-refractivity contribution in [3.63, 3.8) is 0 Å². The number of anilines is 1. The summed E-state index contributed by atoms with van der Waals surface area (Å²) in [6.45, 7) is 2.12. The molecule has 4 aromatic carbocycles. The Morgan fingerprint density at radius 2 is 1.43 bits per heavy atom. The Hall–Kier alpha value is -4.63. The summed E-state index contributed by atoms with van der Waals surface area (Å²) in [5.74, 6) is -0.352. The third-order valence-electron chi connectivity index (χ3n) is 7.25. The lowest BCUT2D eigenvalue weighted by Gasteiger charge is -2.34. The predicted octanol–water partition coefficient (Wildman–Crippen LogP) is 5.45. The summed E-state index contributed by atoms with van der Waals surface area (Å²) in [7, 11) is -2.68. The van der Waals surface area contributed by atoms with Crippen molar-refractivity contribution in [2.45, 2.75) is 43.7 Å². The van der Waals surface area contributed by atoms with Crippen molar-refractivity contribution in [1.82, 2.24) is 10.2 Å². The van der Waals surface area contributed by atoms with Crippen LogP contribution >= 0.6 is 0 Å². The van der Waals surface area contributed by atoms with Crippen LogP contribution in [0.3, 0.4) is 0 Å². The van der Waals surface area contributed by atoms with Crippen molar-refractivity contribution in [3.8, 4) is 5.75 Å². The molecule has 230 valence electrons. The topological polar surface area (TPSA) is 96.0 Å². The molecule has 4 aromatic rings. The summed E-state index contributed by atoms with van der Waals surface area (Å²) in [6.07, 6.45) is 1.97. The first-order valence-electron chi connectivity index (χ1n) is 14.7. The van der Waals surface area contributed by atoms with E-state index in [1.165, 1.54) is 24.1 Å². The van der Waals surface area contributed by atoms with E-state index in [0.29, 0.717) is 12.3 Å². The number of hydrogen-bond acceptors (Lipinski definition) is 5. The average Bonchev–Trinajstić information content (AvgIpc) is 3.06. The summed E-state index contributed by atoms with van der Waals surface area (Å²) in [5, 5.41) is 3.00. The fourth-order valence-electron chi connectivity index (χ4n) is 4.85. The lowest BCUT2D eigenvalue weighted by atomic mass is 10.0. The fraction of sp³-hybridized carbons (Fsp3) is 0.257. The van der Waals surface area contributed by atoms with E-state index in [4.69, 9.17) is 4.74 Å². The van der Waals surface area contributed by atoms with Gasteiger partial charge in [0.15, 0.2) is 0 Å². The van der Waals surface area contributed by atoms with Crippen molar-refractivity contribution in [3.05, 3.63) is 126 Å². The molecule has 0 heterocycles. The van der Waals surface area contributed by atoms with Crippen molar-refractivity contribution in [2.24, 2.45) is 0 Å². The van der Waals surface area contributed by atoms with Crippen molar-refractivity contribution < 1.29 is 22.7 Å². The quantitative estimate of drug-likeness (QED) is 0.180. The molecule has 0 radical (unpaired) electrons. The van der Waals surface area contributed by atoms with Gasteiger partial charge in [-0.25, -0.2) is 8.42 Å². The minimum atomic E-state index is -4.17. The molecule has 0 saturated carbocycles. The first kappa shape index (κ1) is 32.3. The lowest BCUT2D eigenvalue weighted by molar-refractivity contribution is -0.140. The van der Waals surface area contributed by atoms with Gasteiger partial charge in [-0.1, -0.05) is 98.3 Å². The van der Waals surface area contributed by atoms with E-state index in [2.05, 4.69) is 5.32 Å². The van der Waals surface area contributed by atoms with Crippen LogP contribution in [0.5, 0.6) is 5.75 Å². The summed E-state index contributed by atoms with van der Waals surface area (Å²) >= 11 is 0. The predicted molar refractivity (Wildman–Crippen MR) is 173 cm³/mol. The van der Waals surface area contributed by atoms with Gasteiger partial charge < -0.3 is 15.0 Å². The SMILES string of the molecule is CCCCNC(=O)[C@H](Cc1ccccc1)N(Cc1ccccc1)C(=O)CN(c1cccc(OC)c1)S(=O)(=O)c1ccccc1. The summed E-state index contributed by atoms with van der Waals surface area (Å²) < 4.78 is 34.6. The molecule has 1 atom stereocenters. The molecular formula is C35H39N3O5S. The number of hydrogen-bond donors (Lipinski definition) is 1. The second-order valence-electron chi connectivity index (χ2n) is 10.4. The Balaban J connectivity index is 1.78. The molecular weight excluding hydrogens is 574 g/mol. The number of nitrogens with one attached hydrogen (secondary N) is 1. The van der Waals surface area contributed by atoms with E-state index in [1.807, 2.05) is 67.6 Å². The van der Waals surface area contributed by atoms with Gasteiger partial charge in [-0.05, 0) is 41.8 Å². The highest BCUT2D eigenvalue weighted by molar-refractivity contribution is 7.92. The molecule has 2 amide bonds. The van der Waals surface area contributed by atoms with Gasteiger partial charge in [0.25, 0.3) is 10.0 Å². The first-order chi connectivity index (χ1) is 21.3. The molecule has 0 aliphatic carbocycles. The van der Waals surface area contributed by atoms with E-state index < -0.39 is 28.5 Å². The molecule has 0 fully saturated rings. The van der Waals surface area contributed by atoms with Gasteiger partial charge in [0.1, 0.15) is 18.3 Å². The Kier molecular flexibility index (Phi) is 11.5. The summed E-state index contributed by atoms with van der Waals surface area (Å²) in [4.78, 5) is 29.7. The van der Waals surface area contributed by atoms with Gasteiger partial charge in [-0.2, -0.15) is 0 Å². The number of carbonyl (C=O) groups is 2. The van der Waals surface area contributed by atoms with Crippen LogP contribution in [0.25, 0.3) is 0 Å². The van der Waals surface area contributed by atoms with Crippen molar-refractivity contribution in [1.29, 1.82) is 0 Å². The number of methoxy groups -OCH3 is 1.